The molecule has 0 aromatic heterocycles. The van der Waals surface area contributed by atoms with Crippen LogP contribution in [0.3, 0.4) is 0 Å². The summed E-state index contributed by atoms with van der Waals surface area (Å²) in [7, 11) is 0. The van der Waals surface area contributed by atoms with E-state index >= 15 is 0 Å². The lowest BCUT2D eigenvalue weighted by Gasteiger charge is -2.15. The van der Waals surface area contributed by atoms with Gasteiger partial charge in [0.15, 0.2) is 0 Å². The highest BCUT2D eigenvalue weighted by Crippen LogP contribution is 2.41. The quantitative estimate of drug-likeness (QED) is 0.811. The van der Waals surface area contributed by atoms with Crippen molar-refractivity contribution in [1.82, 2.24) is 0 Å². The first kappa shape index (κ1) is 10.1. The highest BCUT2D eigenvalue weighted by atomic mass is 19.1. The van der Waals surface area contributed by atoms with Crippen LogP contribution in [0.15, 0.2) is 30.3 Å². The molecule has 2 rings (SSSR count). The summed E-state index contributed by atoms with van der Waals surface area (Å²) in [6, 6.07) is 9.35. The van der Waals surface area contributed by atoms with E-state index in [4.69, 9.17) is 5.11 Å². The van der Waals surface area contributed by atoms with Crippen molar-refractivity contribution in [3.05, 3.63) is 35.9 Å². The Kier molecular flexibility index (Phi) is 2.71. The molecule has 1 aromatic carbocycles. The van der Waals surface area contributed by atoms with E-state index in [9.17, 15) is 9.18 Å². The summed E-state index contributed by atoms with van der Waals surface area (Å²) in [5.74, 6) is -1.62. The summed E-state index contributed by atoms with van der Waals surface area (Å²) in [4.78, 5) is 11.0. The fraction of sp³-hybridized carbons (Fsp3) is 0.417. The van der Waals surface area contributed by atoms with Gasteiger partial charge in [0.2, 0.25) is 0 Å². The minimum atomic E-state index is -0.976. The van der Waals surface area contributed by atoms with Crippen molar-refractivity contribution in [2.45, 2.75) is 24.9 Å². The molecular weight excluding hydrogens is 195 g/mol. The second-order valence-electron chi connectivity index (χ2n) is 4.03. The number of carboxylic acids is 1. The maximum atomic E-state index is 13.2. The zero-order chi connectivity index (χ0) is 10.8. The van der Waals surface area contributed by atoms with Gasteiger partial charge >= 0.3 is 5.97 Å². The minimum Gasteiger partial charge on any atom is -0.481 e. The molecule has 0 aliphatic heterocycles. The lowest BCUT2D eigenvalue weighted by Crippen LogP contribution is -2.16. The number of hydrogen-bond donors (Lipinski definition) is 1. The van der Waals surface area contributed by atoms with E-state index in [-0.39, 0.29) is 12.3 Å². The van der Waals surface area contributed by atoms with Gasteiger partial charge in [-0.05, 0) is 18.4 Å². The topological polar surface area (TPSA) is 37.3 Å². The Morgan fingerprint density at radius 2 is 1.93 bits per heavy atom. The number of carboxylic acid groups (broad SMARTS) is 1. The van der Waals surface area contributed by atoms with Crippen molar-refractivity contribution in [3.63, 3.8) is 0 Å². The number of rotatable bonds is 2. The van der Waals surface area contributed by atoms with Gasteiger partial charge < -0.3 is 5.11 Å². The van der Waals surface area contributed by atoms with Gasteiger partial charge in [-0.1, -0.05) is 30.3 Å². The maximum Gasteiger partial charge on any atom is 0.307 e. The predicted molar refractivity (Wildman–Crippen MR) is 54.4 cm³/mol. The molecule has 0 saturated heterocycles. The van der Waals surface area contributed by atoms with Crippen LogP contribution < -0.4 is 0 Å². The van der Waals surface area contributed by atoms with Gasteiger partial charge in [-0.25, -0.2) is 4.39 Å². The molecular formula is C12H13FO2. The minimum absolute atomic E-state index is 0.148. The Morgan fingerprint density at radius 3 is 2.53 bits per heavy atom. The maximum absolute atomic E-state index is 13.2. The molecule has 1 saturated carbocycles. The zero-order valence-corrected chi connectivity index (χ0v) is 8.27. The second kappa shape index (κ2) is 4.01. The summed E-state index contributed by atoms with van der Waals surface area (Å²) in [6.07, 6.45) is -0.494. The molecule has 1 aliphatic rings. The molecule has 0 amide bonds. The van der Waals surface area contributed by atoms with E-state index in [0.717, 1.165) is 5.56 Å². The zero-order valence-electron chi connectivity index (χ0n) is 8.27. The van der Waals surface area contributed by atoms with Crippen molar-refractivity contribution < 1.29 is 14.3 Å². The molecule has 1 aliphatic carbocycles. The van der Waals surface area contributed by atoms with E-state index in [0.29, 0.717) is 6.42 Å². The predicted octanol–water partition coefficient (Wildman–Crippen LogP) is 2.60. The first-order valence-electron chi connectivity index (χ1n) is 5.10. The largest absolute Gasteiger partial charge is 0.481 e. The fourth-order valence-electron chi connectivity index (χ4n) is 2.32. The molecule has 2 nitrogen and oxygen atoms in total. The summed E-state index contributed by atoms with van der Waals surface area (Å²) in [6.45, 7) is 0. The molecule has 0 heterocycles. The number of benzene rings is 1. The van der Waals surface area contributed by atoms with Crippen molar-refractivity contribution >= 4 is 5.97 Å². The highest BCUT2D eigenvalue weighted by molar-refractivity contribution is 5.72. The molecule has 3 atom stereocenters. The second-order valence-corrected chi connectivity index (χ2v) is 4.03. The SMILES string of the molecule is O=C(O)[C@@H]1C[C@H](F)CC1c1ccccc1. The standard InChI is InChI=1S/C12H13FO2/c13-9-6-10(11(7-9)12(14)15)8-4-2-1-3-5-8/h1-5,9-11H,6-7H2,(H,14,15)/t9-,10?,11-/m1/s1. The molecule has 1 unspecified atom stereocenters. The molecule has 1 aromatic rings. The molecule has 1 N–H and O–H groups in total. The van der Waals surface area contributed by atoms with Gasteiger partial charge in [-0.15, -0.1) is 0 Å². The Bertz CT molecular complexity index is 350. The molecule has 80 valence electrons. The molecule has 0 radical (unpaired) electrons. The first-order valence-corrected chi connectivity index (χ1v) is 5.10. The normalized spacial score (nSPS) is 30.3. The smallest absolute Gasteiger partial charge is 0.307 e. The van der Waals surface area contributed by atoms with Gasteiger partial charge in [-0.2, -0.15) is 0 Å². The number of alkyl halides is 1. The number of carbonyl (C=O) groups is 1. The third-order valence-corrected chi connectivity index (χ3v) is 3.05. The van der Waals surface area contributed by atoms with Crippen LogP contribution in [0.25, 0.3) is 0 Å². The monoisotopic (exact) mass is 208 g/mol. The van der Waals surface area contributed by atoms with E-state index in [1.165, 1.54) is 0 Å². The van der Waals surface area contributed by atoms with Crippen molar-refractivity contribution in [2.24, 2.45) is 5.92 Å². The van der Waals surface area contributed by atoms with Crippen LogP contribution in [0.1, 0.15) is 24.3 Å². The summed E-state index contributed by atoms with van der Waals surface area (Å²) in [5.41, 5.74) is 0.935. The molecule has 0 bridgehead atoms. The van der Waals surface area contributed by atoms with Gasteiger partial charge in [0.1, 0.15) is 6.17 Å². The van der Waals surface area contributed by atoms with Crippen molar-refractivity contribution in [2.75, 3.05) is 0 Å². The third kappa shape index (κ3) is 2.01. The van der Waals surface area contributed by atoms with E-state index in [2.05, 4.69) is 0 Å². The molecule has 15 heavy (non-hydrogen) atoms. The van der Waals surface area contributed by atoms with E-state index in [1.807, 2.05) is 30.3 Å². The number of halogens is 1. The van der Waals surface area contributed by atoms with Crippen LogP contribution in [0.5, 0.6) is 0 Å². The summed E-state index contributed by atoms with van der Waals surface area (Å²) in [5, 5.41) is 9.00. The van der Waals surface area contributed by atoms with Gasteiger partial charge in [-0.3, -0.25) is 4.79 Å². The van der Waals surface area contributed by atoms with Crippen LogP contribution in [0, 0.1) is 5.92 Å². The highest BCUT2D eigenvalue weighted by Gasteiger charge is 2.39. The first-order chi connectivity index (χ1) is 7.18. The van der Waals surface area contributed by atoms with Crippen molar-refractivity contribution in [3.8, 4) is 0 Å². The van der Waals surface area contributed by atoms with Gasteiger partial charge in [0, 0.05) is 5.92 Å². The van der Waals surface area contributed by atoms with Crippen LogP contribution >= 0.6 is 0 Å². The van der Waals surface area contributed by atoms with Crippen LogP contribution in [0.4, 0.5) is 4.39 Å². The average Bonchev–Trinajstić information content (AvgIpc) is 2.62. The lowest BCUT2D eigenvalue weighted by atomic mass is 9.89. The Labute approximate surface area is 87.7 Å². The van der Waals surface area contributed by atoms with Gasteiger partial charge in [0.25, 0.3) is 0 Å². The Hall–Kier alpha value is -1.38. The number of aliphatic carboxylic acids is 1. The molecule has 0 spiro atoms. The summed E-state index contributed by atoms with van der Waals surface area (Å²) < 4.78 is 13.2. The fourth-order valence-corrected chi connectivity index (χ4v) is 2.32. The van der Waals surface area contributed by atoms with E-state index < -0.39 is 18.1 Å². The Balaban J connectivity index is 2.24. The third-order valence-electron chi connectivity index (χ3n) is 3.05. The van der Waals surface area contributed by atoms with Crippen LogP contribution in [0.2, 0.25) is 0 Å². The van der Waals surface area contributed by atoms with Crippen LogP contribution in [-0.2, 0) is 4.79 Å². The molecule has 1 fully saturated rings. The lowest BCUT2D eigenvalue weighted by molar-refractivity contribution is -0.142. The Morgan fingerprint density at radius 1 is 1.27 bits per heavy atom. The number of hydrogen-bond acceptors (Lipinski definition) is 1. The van der Waals surface area contributed by atoms with E-state index in [1.54, 1.807) is 0 Å². The van der Waals surface area contributed by atoms with Gasteiger partial charge in [0.05, 0.1) is 5.92 Å². The van der Waals surface area contributed by atoms with Crippen molar-refractivity contribution in [1.29, 1.82) is 0 Å². The van der Waals surface area contributed by atoms with Crippen LogP contribution in [-0.4, -0.2) is 17.2 Å². The average molecular weight is 208 g/mol. The summed E-state index contributed by atoms with van der Waals surface area (Å²) >= 11 is 0. The molecule has 3 heteroatoms.